The maximum atomic E-state index is 11.2. The van der Waals surface area contributed by atoms with E-state index in [0.29, 0.717) is 18.0 Å². The highest BCUT2D eigenvalue weighted by atomic mass is 16.6. The number of aliphatic hydroxyl groups is 1. The highest BCUT2D eigenvalue weighted by molar-refractivity contribution is 5.65. The molecular weight excluding hydrogens is 260 g/mol. The van der Waals surface area contributed by atoms with Gasteiger partial charge in [-0.1, -0.05) is 12.8 Å². The van der Waals surface area contributed by atoms with Gasteiger partial charge in [-0.15, -0.1) is 0 Å². The molecule has 0 aromatic heterocycles. The van der Waals surface area contributed by atoms with Crippen LogP contribution < -0.4 is 9.64 Å². The second-order valence-electron chi connectivity index (χ2n) is 5.40. The maximum Gasteiger partial charge on any atom is 0.296 e. The summed E-state index contributed by atoms with van der Waals surface area (Å²) in [4.78, 5) is 12.5. The lowest BCUT2D eigenvalue weighted by Gasteiger charge is -2.29. The van der Waals surface area contributed by atoms with E-state index in [1.165, 1.54) is 13.2 Å². The van der Waals surface area contributed by atoms with E-state index < -0.39 is 10.5 Å². The standard InChI is InChI=1S/C14H20N2O4/c1-15(10-14(17)7-3-4-8-14)12-6-5-11(20-2)9-13(12)16(18)19/h5-6,9,17H,3-4,7-8,10H2,1-2H3. The largest absolute Gasteiger partial charge is 0.496 e. The molecule has 0 aliphatic heterocycles. The summed E-state index contributed by atoms with van der Waals surface area (Å²) in [7, 11) is 3.24. The van der Waals surface area contributed by atoms with Gasteiger partial charge in [-0.2, -0.15) is 0 Å². The van der Waals surface area contributed by atoms with Crippen molar-refractivity contribution in [3.05, 3.63) is 28.3 Å². The predicted octanol–water partition coefficient (Wildman–Crippen LogP) is 2.34. The van der Waals surface area contributed by atoms with Gasteiger partial charge in [0.05, 0.1) is 23.7 Å². The molecule has 2 rings (SSSR count). The number of benzene rings is 1. The smallest absolute Gasteiger partial charge is 0.296 e. The summed E-state index contributed by atoms with van der Waals surface area (Å²) in [6.45, 7) is 0.403. The fourth-order valence-corrected chi connectivity index (χ4v) is 2.82. The van der Waals surface area contributed by atoms with E-state index in [9.17, 15) is 15.2 Å². The third-order valence-corrected chi connectivity index (χ3v) is 3.86. The number of nitro groups is 1. The fourth-order valence-electron chi connectivity index (χ4n) is 2.82. The second kappa shape index (κ2) is 5.66. The van der Waals surface area contributed by atoms with Crippen LogP contribution in [0, 0.1) is 10.1 Å². The first-order valence-electron chi connectivity index (χ1n) is 6.71. The van der Waals surface area contributed by atoms with Crippen LogP contribution in [-0.4, -0.2) is 36.3 Å². The minimum Gasteiger partial charge on any atom is -0.496 e. The van der Waals surface area contributed by atoms with Crippen LogP contribution >= 0.6 is 0 Å². The molecule has 1 aromatic rings. The Labute approximate surface area is 118 Å². The van der Waals surface area contributed by atoms with Gasteiger partial charge in [0.2, 0.25) is 0 Å². The van der Waals surface area contributed by atoms with E-state index in [2.05, 4.69) is 0 Å². The number of nitro benzene ring substituents is 1. The van der Waals surface area contributed by atoms with Gasteiger partial charge in [0.25, 0.3) is 5.69 Å². The van der Waals surface area contributed by atoms with Gasteiger partial charge in [-0.25, -0.2) is 0 Å². The second-order valence-corrected chi connectivity index (χ2v) is 5.40. The fraction of sp³-hybridized carbons (Fsp3) is 0.571. The Kier molecular flexibility index (Phi) is 4.13. The summed E-state index contributed by atoms with van der Waals surface area (Å²) in [5, 5.41) is 21.6. The van der Waals surface area contributed by atoms with Crippen molar-refractivity contribution in [2.24, 2.45) is 0 Å². The molecule has 6 heteroatoms. The molecule has 0 bridgehead atoms. The molecule has 20 heavy (non-hydrogen) atoms. The Morgan fingerprint density at radius 2 is 2.10 bits per heavy atom. The van der Waals surface area contributed by atoms with Gasteiger partial charge in [0, 0.05) is 13.6 Å². The van der Waals surface area contributed by atoms with Crippen molar-refractivity contribution in [3.8, 4) is 5.75 Å². The lowest BCUT2D eigenvalue weighted by molar-refractivity contribution is -0.384. The Hall–Kier alpha value is -1.82. The topological polar surface area (TPSA) is 75.8 Å². The van der Waals surface area contributed by atoms with Crippen LogP contribution in [0.3, 0.4) is 0 Å². The minimum absolute atomic E-state index is 0.00607. The Morgan fingerprint density at radius 3 is 2.65 bits per heavy atom. The normalized spacial score (nSPS) is 16.9. The van der Waals surface area contributed by atoms with E-state index in [1.54, 1.807) is 24.1 Å². The number of anilines is 1. The quantitative estimate of drug-likeness (QED) is 0.662. The van der Waals surface area contributed by atoms with Gasteiger partial charge < -0.3 is 14.7 Å². The van der Waals surface area contributed by atoms with Gasteiger partial charge in [-0.3, -0.25) is 10.1 Å². The number of methoxy groups -OCH3 is 1. The van der Waals surface area contributed by atoms with Crippen molar-refractivity contribution in [2.45, 2.75) is 31.3 Å². The summed E-state index contributed by atoms with van der Waals surface area (Å²) in [5.74, 6) is 0.452. The molecule has 1 aliphatic rings. The number of ether oxygens (including phenoxy) is 1. The van der Waals surface area contributed by atoms with Crippen molar-refractivity contribution in [1.82, 2.24) is 0 Å². The maximum absolute atomic E-state index is 11.2. The Balaban J connectivity index is 2.24. The van der Waals surface area contributed by atoms with Crippen molar-refractivity contribution in [1.29, 1.82) is 0 Å². The van der Waals surface area contributed by atoms with Gasteiger partial charge in [0.1, 0.15) is 11.4 Å². The molecule has 0 saturated heterocycles. The number of rotatable bonds is 5. The van der Waals surface area contributed by atoms with Crippen LogP contribution in [0.25, 0.3) is 0 Å². The van der Waals surface area contributed by atoms with E-state index in [1.807, 2.05) is 0 Å². The molecule has 1 saturated carbocycles. The first-order valence-corrected chi connectivity index (χ1v) is 6.71. The molecular formula is C14H20N2O4. The van der Waals surface area contributed by atoms with Crippen LogP contribution in [0.4, 0.5) is 11.4 Å². The molecule has 1 fully saturated rings. The minimum atomic E-state index is -0.734. The van der Waals surface area contributed by atoms with E-state index in [0.717, 1.165) is 25.7 Å². The number of nitrogens with zero attached hydrogens (tertiary/aromatic N) is 2. The molecule has 0 unspecified atom stereocenters. The molecule has 0 radical (unpaired) electrons. The Bertz CT molecular complexity index is 498. The lowest BCUT2D eigenvalue weighted by Crippen LogP contribution is -2.39. The zero-order valence-corrected chi connectivity index (χ0v) is 11.8. The molecule has 0 spiro atoms. The van der Waals surface area contributed by atoms with E-state index >= 15 is 0 Å². The molecule has 0 heterocycles. The van der Waals surface area contributed by atoms with Crippen molar-refractivity contribution < 1.29 is 14.8 Å². The molecule has 6 nitrogen and oxygen atoms in total. The summed E-state index contributed by atoms with van der Waals surface area (Å²) in [5.41, 5.74) is -0.243. The summed E-state index contributed by atoms with van der Waals surface area (Å²) in [6, 6.07) is 4.76. The highest BCUT2D eigenvalue weighted by Crippen LogP contribution is 2.35. The molecule has 1 aromatic carbocycles. The van der Waals surface area contributed by atoms with Gasteiger partial charge in [-0.05, 0) is 25.0 Å². The monoisotopic (exact) mass is 280 g/mol. The average molecular weight is 280 g/mol. The summed E-state index contributed by atoms with van der Waals surface area (Å²) >= 11 is 0. The molecule has 1 aliphatic carbocycles. The van der Waals surface area contributed by atoms with Crippen LogP contribution in [0.1, 0.15) is 25.7 Å². The molecule has 1 N–H and O–H groups in total. The van der Waals surface area contributed by atoms with Crippen molar-refractivity contribution in [2.75, 3.05) is 25.6 Å². The van der Waals surface area contributed by atoms with Crippen molar-refractivity contribution in [3.63, 3.8) is 0 Å². The zero-order chi connectivity index (χ0) is 14.8. The first kappa shape index (κ1) is 14.6. The number of hydrogen-bond acceptors (Lipinski definition) is 5. The van der Waals surface area contributed by atoms with Gasteiger partial charge >= 0.3 is 0 Å². The number of hydrogen-bond donors (Lipinski definition) is 1. The van der Waals surface area contributed by atoms with Crippen LogP contribution in [0.5, 0.6) is 5.75 Å². The third-order valence-electron chi connectivity index (χ3n) is 3.86. The van der Waals surface area contributed by atoms with E-state index in [-0.39, 0.29) is 5.69 Å². The average Bonchev–Trinajstić information content (AvgIpc) is 2.84. The van der Waals surface area contributed by atoms with Crippen LogP contribution in [0.15, 0.2) is 18.2 Å². The predicted molar refractivity (Wildman–Crippen MR) is 76.3 cm³/mol. The first-order chi connectivity index (χ1) is 9.45. The SMILES string of the molecule is COc1ccc(N(C)CC2(O)CCCC2)c([N+](=O)[O-])c1. The Morgan fingerprint density at radius 1 is 1.45 bits per heavy atom. The van der Waals surface area contributed by atoms with Crippen LogP contribution in [0.2, 0.25) is 0 Å². The zero-order valence-electron chi connectivity index (χ0n) is 11.8. The van der Waals surface area contributed by atoms with Crippen LogP contribution in [-0.2, 0) is 0 Å². The third kappa shape index (κ3) is 3.01. The molecule has 0 amide bonds. The highest BCUT2D eigenvalue weighted by Gasteiger charge is 2.33. The van der Waals surface area contributed by atoms with Gasteiger partial charge in [0.15, 0.2) is 0 Å². The molecule has 0 atom stereocenters. The van der Waals surface area contributed by atoms with E-state index in [4.69, 9.17) is 4.74 Å². The number of likely N-dealkylation sites (N-methyl/N-ethyl adjacent to an activating group) is 1. The summed E-state index contributed by atoms with van der Waals surface area (Å²) in [6.07, 6.45) is 3.52. The lowest BCUT2D eigenvalue weighted by atomic mass is 10.0. The molecule has 110 valence electrons. The summed E-state index contributed by atoms with van der Waals surface area (Å²) < 4.78 is 5.02. The van der Waals surface area contributed by atoms with Crippen molar-refractivity contribution >= 4 is 11.4 Å².